The fourth-order valence-electron chi connectivity index (χ4n) is 0.852. The van der Waals surface area contributed by atoms with E-state index in [-0.39, 0.29) is 18.3 Å². The van der Waals surface area contributed by atoms with Gasteiger partial charge in [-0.2, -0.15) is 0 Å². The van der Waals surface area contributed by atoms with Gasteiger partial charge in [-0.3, -0.25) is 4.79 Å². The van der Waals surface area contributed by atoms with Crippen molar-refractivity contribution >= 4 is 21.7 Å². The molecule has 0 aliphatic carbocycles. The molecule has 0 aliphatic heterocycles. The van der Waals surface area contributed by atoms with Gasteiger partial charge in [-0.05, 0) is 24.3 Å². The summed E-state index contributed by atoms with van der Waals surface area (Å²) in [7, 11) is 0. The van der Waals surface area contributed by atoms with Gasteiger partial charge in [-0.15, -0.1) is 0 Å². The van der Waals surface area contributed by atoms with Gasteiger partial charge in [-0.25, -0.2) is 0 Å². The highest BCUT2D eigenvalue weighted by molar-refractivity contribution is 9.10. The molecule has 0 atom stereocenters. The Hall–Kier alpha value is -0.830. The lowest BCUT2D eigenvalue weighted by atomic mass is 10.1. The van der Waals surface area contributed by atoms with Crippen LogP contribution in [-0.4, -0.2) is 12.4 Å². The molecule has 0 radical (unpaired) electrons. The van der Waals surface area contributed by atoms with Crippen molar-refractivity contribution in [3.05, 3.63) is 28.7 Å². The first-order valence-corrected chi connectivity index (χ1v) is 5.30. The summed E-state index contributed by atoms with van der Waals surface area (Å²) in [5.41, 5.74) is 0. The third kappa shape index (κ3) is 3.50. The van der Waals surface area contributed by atoms with E-state index < -0.39 is 0 Å². The zero-order valence-corrected chi connectivity index (χ0v) is 9.87. The van der Waals surface area contributed by atoms with Crippen molar-refractivity contribution in [2.45, 2.75) is 13.8 Å². The van der Waals surface area contributed by atoms with Crippen LogP contribution in [-0.2, 0) is 4.79 Å². The normalized spacial score (nSPS) is 10.3. The Morgan fingerprint density at radius 2 is 1.93 bits per heavy atom. The van der Waals surface area contributed by atoms with Crippen molar-refractivity contribution in [1.29, 1.82) is 0 Å². The van der Waals surface area contributed by atoms with Gasteiger partial charge in [0.1, 0.15) is 12.4 Å². The second kappa shape index (κ2) is 5.15. The lowest BCUT2D eigenvalue weighted by Crippen LogP contribution is -2.16. The molecule has 0 heterocycles. The Morgan fingerprint density at radius 3 is 2.43 bits per heavy atom. The summed E-state index contributed by atoms with van der Waals surface area (Å²) < 4.78 is 6.31. The van der Waals surface area contributed by atoms with Gasteiger partial charge in [-0.1, -0.05) is 29.8 Å². The van der Waals surface area contributed by atoms with Crippen LogP contribution in [0, 0.1) is 5.92 Å². The molecule has 0 aliphatic rings. The second-order valence-corrected chi connectivity index (χ2v) is 4.28. The molecule has 1 rings (SSSR count). The summed E-state index contributed by atoms with van der Waals surface area (Å²) in [6.07, 6.45) is 0. The zero-order chi connectivity index (χ0) is 10.6. The highest BCUT2D eigenvalue weighted by Gasteiger charge is 2.07. The number of carbonyl (C=O) groups is 1. The van der Waals surface area contributed by atoms with E-state index in [1.165, 1.54) is 0 Å². The average molecular weight is 257 g/mol. The standard InChI is InChI=1S/C11H13BrO2/c1-8(2)11(13)7-14-10-5-3-9(12)4-6-10/h3-6,8H,7H2,1-2H3. The van der Waals surface area contributed by atoms with E-state index in [1.54, 1.807) is 0 Å². The SMILES string of the molecule is CC(C)C(=O)COc1ccc(Br)cc1. The van der Waals surface area contributed by atoms with Crippen LogP contribution in [0.25, 0.3) is 0 Å². The van der Waals surface area contributed by atoms with Gasteiger partial charge in [0, 0.05) is 10.4 Å². The van der Waals surface area contributed by atoms with Crippen LogP contribution in [0.15, 0.2) is 28.7 Å². The first-order valence-electron chi connectivity index (χ1n) is 4.50. The van der Waals surface area contributed by atoms with E-state index in [0.717, 1.165) is 10.2 Å². The summed E-state index contributed by atoms with van der Waals surface area (Å²) in [5.74, 6) is 0.876. The molecule has 1 aromatic carbocycles. The third-order valence-electron chi connectivity index (χ3n) is 1.84. The number of Topliss-reactive ketones (excluding diaryl/α,β-unsaturated/α-hetero) is 1. The zero-order valence-electron chi connectivity index (χ0n) is 8.29. The summed E-state index contributed by atoms with van der Waals surface area (Å²) in [4.78, 5) is 11.2. The largest absolute Gasteiger partial charge is 0.486 e. The molecular weight excluding hydrogens is 244 g/mol. The van der Waals surface area contributed by atoms with Crippen molar-refractivity contribution in [2.24, 2.45) is 5.92 Å². The number of hydrogen-bond acceptors (Lipinski definition) is 2. The minimum absolute atomic E-state index is 0.0328. The minimum Gasteiger partial charge on any atom is -0.486 e. The lowest BCUT2D eigenvalue weighted by Gasteiger charge is -2.06. The van der Waals surface area contributed by atoms with Crippen LogP contribution in [0.1, 0.15) is 13.8 Å². The van der Waals surface area contributed by atoms with Crippen molar-refractivity contribution in [3.8, 4) is 5.75 Å². The fourth-order valence-corrected chi connectivity index (χ4v) is 1.12. The Kier molecular flexibility index (Phi) is 4.14. The summed E-state index contributed by atoms with van der Waals surface area (Å²) in [5, 5.41) is 0. The van der Waals surface area contributed by atoms with Crippen LogP contribution in [0.3, 0.4) is 0 Å². The molecule has 0 bridgehead atoms. The molecule has 3 heteroatoms. The number of halogens is 1. The van der Waals surface area contributed by atoms with E-state index in [2.05, 4.69) is 15.9 Å². The van der Waals surface area contributed by atoms with Crippen LogP contribution in [0.2, 0.25) is 0 Å². The second-order valence-electron chi connectivity index (χ2n) is 3.36. The molecule has 0 N–H and O–H groups in total. The van der Waals surface area contributed by atoms with Gasteiger partial charge in [0.25, 0.3) is 0 Å². The first kappa shape index (κ1) is 11.2. The number of ketones is 1. The highest BCUT2D eigenvalue weighted by atomic mass is 79.9. The third-order valence-corrected chi connectivity index (χ3v) is 2.37. The molecule has 0 unspecified atom stereocenters. The van der Waals surface area contributed by atoms with E-state index in [1.807, 2.05) is 38.1 Å². The number of benzene rings is 1. The number of carbonyl (C=O) groups excluding carboxylic acids is 1. The molecule has 0 aromatic heterocycles. The molecule has 1 aromatic rings. The summed E-state index contributed by atoms with van der Waals surface area (Å²) in [6.45, 7) is 3.89. The number of hydrogen-bond donors (Lipinski definition) is 0. The molecule has 76 valence electrons. The Morgan fingerprint density at radius 1 is 1.36 bits per heavy atom. The molecule has 0 saturated carbocycles. The molecule has 0 spiro atoms. The molecule has 0 saturated heterocycles. The molecule has 2 nitrogen and oxygen atoms in total. The smallest absolute Gasteiger partial charge is 0.172 e. The Labute approximate surface area is 92.4 Å². The van der Waals surface area contributed by atoms with E-state index in [9.17, 15) is 4.79 Å². The minimum atomic E-state index is 0.0328. The van der Waals surface area contributed by atoms with Crippen LogP contribution < -0.4 is 4.74 Å². The van der Waals surface area contributed by atoms with Crippen molar-refractivity contribution in [3.63, 3.8) is 0 Å². The fraction of sp³-hybridized carbons (Fsp3) is 0.364. The number of rotatable bonds is 4. The topological polar surface area (TPSA) is 26.3 Å². The van der Waals surface area contributed by atoms with Gasteiger partial charge < -0.3 is 4.74 Å². The molecule has 14 heavy (non-hydrogen) atoms. The maximum atomic E-state index is 11.2. The van der Waals surface area contributed by atoms with E-state index >= 15 is 0 Å². The molecular formula is C11H13BrO2. The average Bonchev–Trinajstić information content (AvgIpc) is 2.16. The Bertz CT molecular complexity index is 304. The van der Waals surface area contributed by atoms with Crippen LogP contribution >= 0.6 is 15.9 Å². The summed E-state index contributed by atoms with van der Waals surface area (Å²) >= 11 is 3.33. The first-order chi connectivity index (χ1) is 6.59. The molecule has 0 fully saturated rings. The van der Waals surface area contributed by atoms with Crippen LogP contribution in [0.5, 0.6) is 5.75 Å². The quantitative estimate of drug-likeness (QED) is 0.828. The highest BCUT2D eigenvalue weighted by Crippen LogP contribution is 2.16. The molecule has 0 amide bonds. The van der Waals surface area contributed by atoms with Gasteiger partial charge in [0.15, 0.2) is 5.78 Å². The van der Waals surface area contributed by atoms with E-state index in [0.29, 0.717) is 0 Å². The maximum Gasteiger partial charge on any atom is 0.172 e. The van der Waals surface area contributed by atoms with Gasteiger partial charge in [0.05, 0.1) is 0 Å². The Balaban J connectivity index is 2.46. The van der Waals surface area contributed by atoms with Crippen molar-refractivity contribution < 1.29 is 9.53 Å². The summed E-state index contributed by atoms with van der Waals surface area (Å²) in [6, 6.07) is 7.43. The van der Waals surface area contributed by atoms with E-state index in [4.69, 9.17) is 4.74 Å². The van der Waals surface area contributed by atoms with Crippen molar-refractivity contribution in [1.82, 2.24) is 0 Å². The number of ether oxygens (including phenoxy) is 1. The lowest BCUT2D eigenvalue weighted by molar-refractivity contribution is -0.123. The monoisotopic (exact) mass is 256 g/mol. The van der Waals surface area contributed by atoms with Gasteiger partial charge >= 0.3 is 0 Å². The predicted octanol–water partition coefficient (Wildman–Crippen LogP) is 3.05. The van der Waals surface area contributed by atoms with Crippen LogP contribution in [0.4, 0.5) is 0 Å². The van der Waals surface area contributed by atoms with Crippen molar-refractivity contribution in [2.75, 3.05) is 6.61 Å². The predicted molar refractivity (Wildman–Crippen MR) is 59.5 cm³/mol. The maximum absolute atomic E-state index is 11.2. The van der Waals surface area contributed by atoms with Gasteiger partial charge in [0.2, 0.25) is 0 Å².